The van der Waals surface area contributed by atoms with Crippen LogP contribution >= 0.6 is 0 Å². The quantitative estimate of drug-likeness (QED) is 0.421. The number of amides is 1. The fraction of sp³-hybridized carbons (Fsp3) is 0.120. The number of fused-ring (bicyclic) bond motifs is 1. The smallest absolute Gasteiger partial charge is 0.251 e. The number of aromatic amines is 1. The third-order valence-electron chi connectivity index (χ3n) is 5.09. The van der Waals surface area contributed by atoms with E-state index in [2.05, 4.69) is 46.8 Å². The average molecular weight is 397 g/mol. The van der Waals surface area contributed by atoms with E-state index in [1.54, 1.807) is 12.3 Å². The van der Waals surface area contributed by atoms with Crippen LogP contribution in [-0.4, -0.2) is 10.9 Å². The van der Waals surface area contributed by atoms with Gasteiger partial charge in [-0.1, -0.05) is 49.4 Å². The van der Waals surface area contributed by atoms with Gasteiger partial charge in [-0.25, -0.2) is 0 Å². The van der Waals surface area contributed by atoms with Crippen molar-refractivity contribution in [2.24, 2.45) is 0 Å². The van der Waals surface area contributed by atoms with E-state index in [0.29, 0.717) is 5.56 Å². The Labute approximate surface area is 174 Å². The van der Waals surface area contributed by atoms with Crippen molar-refractivity contribution in [2.75, 3.05) is 5.32 Å². The Hall–Kier alpha value is -3.86. The summed E-state index contributed by atoms with van der Waals surface area (Å²) < 4.78 is 0. The minimum absolute atomic E-state index is 0.0921. The molecule has 0 spiro atoms. The maximum Gasteiger partial charge on any atom is 0.251 e. The zero-order valence-corrected chi connectivity index (χ0v) is 16.7. The van der Waals surface area contributed by atoms with Crippen LogP contribution in [0.5, 0.6) is 0 Å². The molecule has 5 nitrogen and oxygen atoms in total. The van der Waals surface area contributed by atoms with E-state index in [9.17, 15) is 9.59 Å². The number of carbonyl (C=O) groups excluding carboxylic acids is 1. The van der Waals surface area contributed by atoms with Crippen molar-refractivity contribution in [3.05, 3.63) is 107 Å². The summed E-state index contributed by atoms with van der Waals surface area (Å²) in [5.41, 5.74) is 3.23. The van der Waals surface area contributed by atoms with E-state index in [1.165, 1.54) is 6.07 Å². The second-order valence-corrected chi connectivity index (χ2v) is 7.15. The van der Waals surface area contributed by atoms with Crippen LogP contribution in [0.4, 0.5) is 11.4 Å². The lowest BCUT2D eigenvalue weighted by Gasteiger charge is -2.21. The molecule has 0 aliphatic rings. The summed E-state index contributed by atoms with van der Waals surface area (Å²) in [5, 5.41) is 8.70. The Morgan fingerprint density at radius 3 is 2.43 bits per heavy atom. The topological polar surface area (TPSA) is 74.0 Å². The van der Waals surface area contributed by atoms with Gasteiger partial charge in [-0.3, -0.25) is 9.59 Å². The molecule has 3 aromatic carbocycles. The van der Waals surface area contributed by atoms with Gasteiger partial charge in [0.25, 0.3) is 5.91 Å². The molecular formula is C25H23N3O2. The first-order valence-corrected chi connectivity index (χ1v) is 9.98. The third kappa shape index (κ3) is 4.25. The number of carbonyl (C=O) groups is 1. The maximum absolute atomic E-state index is 12.8. The number of aromatic nitrogens is 1. The lowest BCUT2D eigenvalue weighted by atomic mass is 9.95. The summed E-state index contributed by atoms with van der Waals surface area (Å²) in [5.74, 6) is -0.0921. The molecule has 3 N–H and O–H groups in total. The summed E-state index contributed by atoms with van der Waals surface area (Å²) in [6.07, 6.45) is 2.40. The van der Waals surface area contributed by atoms with Crippen molar-refractivity contribution >= 4 is 28.1 Å². The number of rotatable bonds is 6. The SMILES string of the molecule is CC[C@@H](NC(=O)c1ccccc1)c1cc(Nc2ccc(=O)[nH]c2)cc2ccccc12. The Morgan fingerprint density at radius 1 is 0.933 bits per heavy atom. The maximum atomic E-state index is 12.8. The number of hydrogen-bond acceptors (Lipinski definition) is 3. The van der Waals surface area contributed by atoms with Crippen molar-refractivity contribution in [3.8, 4) is 0 Å². The van der Waals surface area contributed by atoms with Gasteiger partial charge in [-0.2, -0.15) is 0 Å². The number of anilines is 2. The fourth-order valence-electron chi connectivity index (χ4n) is 3.59. The van der Waals surface area contributed by atoms with Crippen LogP contribution < -0.4 is 16.2 Å². The van der Waals surface area contributed by atoms with Crippen LogP contribution in [0.2, 0.25) is 0 Å². The summed E-state index contributed by atoms with van der Waals surface area (Å²) in [6, 6.07) is 24.6. The summed E-state index contributed by atoms with van der Waals surface area (Å²) in [4.78, 5) is 26.8. The molecule has 0 aliphatic heterocycles. The van der Waals surface area contributed by atoms with E-state index in [0.717, 1.165) is 34.1 Å². The minimum Gasteiger partial charge on any atom is -0.354 e. The molecule has 4 aromatic rings. The Bertz CT molecular complexity index is 1210. The summed E-state index contributed by atoms with van der Waals surface area (Å²) >= 11 is 0. The molecule has 0 radical (unpaired) electrons. The van der Waals surface area contributed by atoms with Crippen LogP contribution in [0.15, 0.2) is 89.9 Å². The van der Waals surface area contributed by atoms with Crippen LogP contribution in [-0.2, 0) is 0 Å². The Morgan fingerprint density at radius 2 is 1.70 bits per heavy atom. The predicted octanol–water partition coefficient (Wildman–Crippen LogP) is 5.15. The van der Waals surface area contributed by atoms with E-state index in [1.807, 2.05) is 42.5 Å². The van der Waals surface area contributed by atoms with Crippen molar-refractivity contribution < 1.29 is 4.79 Å². The third-order valence-corrected chi connectivity index (χ3v) is 5.09. The van der Waals surface area contributed by atoms with Gasteiger partial charge >= 0.3 is 0 Å². The first kappa shape index (κ1) is 19.5. The molecule has 0 fully saturated rings. The van der Waals surface area contributed by atoms with Gasteiger partial charge < -0.3 is 15.6 Å². The van der Waals surface area contributed by atoms with Crippen molar-refractivity contribution in [1.82, 2.24) is 10.3 Å². The molecular weight excluding hydrogens is 374 g/mol. The van der Waals surface area contributed by atoms with Gasteiger partial charge in [-0.05, 0) is 53.1 Å². The molecule has 1 atom stereocenters. The highest BCUT2D eigenvalue weighted by Crippen LogP contribution is 2.31. The van der Waals surface area contributed by atoms with Crippen molar-refractivity contribution in [1.29, 1.82) is 0 Å². The largest absolute Gasteiger partial charge is 0.354 e. The Kier molecular flexibility index (Phi) is 5.61. The van der Waals surface area contributed by atoms with Crippen LogP contribution in [0, 0.1) is 0 Å². The van der Waals surface area contributed by atoms with Crippen LogP contribution in [0.1, 0.15) is 35.3 Å². The zero-order valence-electron chi connectivity index (χ0n) is 16.7. The number of hydrogen-bond donors (Lipinski definition) is 3. The number of pyridine rings is 1. The molecule has 1 aromatic heterocycles. The fourth-order valence-corrected chi connectivity index (χ4v) is 3.59. The first-order valence-electron chi connectivity index (χ1n) is 9.98. The van der Waals surface area contributed by atoms with E-state index in [-0.39, 0.29) is 17.5 Å². The highest BCUT2D eigenvalue weighted by molar-refractivity contribution is 5.95. The van der Waals surface area contributed by atoms with E-state index in [4.69, 9.17) is 0 Å². The molecule has 1 heterocycles. The van der Waals surface area contributed by atoms with Crippen molar-refractivity contribution in [2.45, 2.75) is 19.4 Å². The standard InChI is InChI=1S/C25H23N3O2/c1-2-23(28-25(30)17-8-4-3-5-9-17)22-15-20(14-18-10-6-7-11-21(18)22)27-19-12-13-24(29)26-16-19/h3-16,23,27H,2H2,1H3,(H,26,29)(H,28,30)/t23-/m1/s1. The summed E-state index contributed by atoms with van der Waals surface area (Å²) in [6.45, 7) is 2.06. The Balaban J connectivity index is 1.71. The zero-order chi connectivity index (χ0) is 20.9. The van der Waals surface area contributed by atoms with Gasteiger partial charge in [-0.15, -0.1) is 0 Å². The number of H-pyrrole nitrogens is 1. The number of nitrogens with one attached hydrogen (secondary N) is 3. The lowest BCUT2D eigenvalue weighted by Crippen LogP contribution is -2.28. The van der Waals surface area contributed by atoms with Crippen LogP contribution in [0.25, 0.3) is 10.8 Å². The molecule has 0 aliphatic carbocycles. The number of benzene rings is 3. The van der Waals surface area contributed by atoms with E-state index >= 15 is 0 Å². The van der Waals surface area contributed by atoms with Gasteiger partial charge in [0.15, 0.2) is 0 Å². The normalized spacial score (nSPS) is 11.8. The second kappa shape index (κ2) is 8.66. The molecule has 0 unspecified atom stereocenters. The highest BCUT2D eigenvalue weighted by atomic mass is 16.1. The minimum atomic E-state index is -0.144. The molecule has 4 rings (SSSR count). The average Bonchev–Trinajstić information content (AvgIpc) is 2.79. The van der Waals surface area contributed by atoms with Crippen LogP contribution in [0.3, 0.4) is 0 Å². The molecule has 150 valence electrons. The monoisotopic (exact) mass is 397 g/mol. The molecule has 1 amide bonds. The predicted molar refractivity (Wildman–Crippen MR) is 121 cm³/mol. The highest BCUT2D eigenvalue weighted by Gasteiger charge is 2.17. The molecule has 0 saturated heterocycles. The second-order valence-electron chi connectivity index (χ2n) is 7.15. The molecule has 5 heteroatoms. The molecule has 30 heavy (non-hydrogen) atoms. The summed E-state index contributed by atoms with van der Waals surface area (Å²) in [7, 11) is 0. The van der Waals surface area contributed by atoms with E-state index < -0.39 is 0 Å². The molecule has 0 saturated carbocycles. The van der Waals surface area contributed by atoms with Gasteiger partial charge in [0, 0.05) is 23.5 Å². The van der Waals surface area contributed by atoms with Crippen molar-refractivity contribution in [3.63, 3.8) is 0 Å². The first-order chi connectivity index (χ1) is 14.6. The van der Waals surface area contributed by atoms with Gasteiger partial charge in [0.2, 0.25) is 5.56 Å². The lowest BCUT2D eigenvalue weighted by molar-refractivity contribution is 0.0936. The molecule has 0 bridgehead atoms. The van der Waals surface area contributed by atoms with Gasteiger partial charge in [0.1, 0.15) is 0 Å². The van der Waals surface area contributed by atoms with Gasteiger partial charge in [0.05, 0.1) is 11.7 Å².